The molecule has 3 N–H and O–H groups in total. The lowest BCUT2D eigenvalue weighted by Crippen LogP contribution is -2.32. The van der Waals surface area contributed by atoms with Gasteiger partial charge >= 0.3 is 0 Å². The molecule has 0 saturated heterocycles. The van der Waals surface area contributed by atoms with Crippen molar-refractivity contribution in [1.82, 2.24) is 5.32 Å². The van der Waals surface area contributed by atoms with Crippen molar-refractivity contribution >= 4 is 0 Å². The Labute approximate surface area is 108 Å². The van der Waals surface area contributed by atoms with E-state index in [0.717, 1.165) is 11.3 Å². The van der Waals surface area contributed by atoms with Gasteiger partial charge in [-0.25, -0.2) is 0 Å². The summed E-state index contributed by atoms with van der Waals surface area (Å²) in [6, 6.07) is 3.99. The second-order valence-electron chi connectivity index (χ2n) is 4.04. The van der Waals surface area contributed by atoms with Crippen LogP contribution in [0.4, 0.5) is 0 Å². The number of rotatable bonds is 7. The van der Waals surface area contributed by atoms with Gasteiger partial charge in [0.05, 0.1) is 21.3 Å². The van der Waals surface area contributed by atoms with Crippen LogP contribution < -0.4 is 25.3 Å². The van der Waals surface area contributed by atoms with Crippen molar-refractivity contribution in [2.75, 3.05) is 27.9 Å². The highest BCUT2D eigenvalue weighted by Gasteiger charge is 2.12. The summed E-state index contributed by atoms with van der Waals surface area (Å²) < 4.78 is 15.9. The minimum Gasteiger partial charge on any atom is -0.496 e. The van der Waals surface area contributed by atoms with E-state index in [-0.39, 0.29) is 6.04 Å². The maximum atomic E-state index is 5.57. The molecule has 0 amide bonds. The van der Waals surface area contributed by atoms with E-state index < -0.39 is 0 Å². The molecule has 0 heterocycles. The van der Waals surface area contributed by atoms with Gasteiger partial charge in [0.25, 0.3) is 0 Å². The van der Waals surface area contributed by atoms with Crippen molar-refractivity contribution in [1.29, 1.82) is 0 Å². The first kappa shape index (κ1) is 14.6. The third-order valence-corrected chi connectivity index (χ3v) is 2.78. The zero-order valence-corrected chi connectivity index (χ0v) is 11.4. The minimum atomic E-state index is 0.253. The molecule has 0 radical (unpaired) electrons. The largest absolute Gasteiger partial charge is 0.496 e. The summed E-state index contributed by atoms with van der Waals surface area (Å²) in [5, 5.41) is 3.31. The number of ether oxygens (including phenoxy) is 3. The van der Waals surface area contributed by atoms with Crippen molar-refractivity contribution < 1.29 is 14.2 Å². The SMILES string of the molecule is COc1cc(OC)c(OC)cc1CN[C@@H](C)CN. The molecule has 0 unspecified atom stereocenters. The summed E-state index contributed by atoms with van der Waals surface area (Å²) in [5.41, 5.74) is 6.58. The summed E-state index contributed by atoms with van der Waals surface area (Å²) in [6.45, 7) is 3.30. The van der Waals surface area contributed by atoms with Crippen molar-refractivity contribution in [2.24, 2.45) is 5.73 Å². The second kappa shape index (κ2) is 7.08. The van der Waals surface area contributed by atoms with Gasteiger partial charge in [-0.2, -0.15) is 0 Å². The topological polar surface area (TPSA) is 65.7 Å². The van der Waals surface area contributed by atoms with Crippen LogP contribution in [0.5, 0.6) is 17.2 Å². The molecule has 0 fully saturated rings. The minimum absolute atomic E-state index is 0.253. The van der Waals surface area contributed by atoms with Crippen LogP contribution in [0.25, 0.3) is 0 Å². The normalized spacial score (nSPS) is 12.1. The van der Waals surface area contributed by atoms with Crippen molar-refractivity contribution in [2.45, 2.75) is 19.5 Å². The first-order valence-corrected chi connectivity index (χ1v) is 5.88. The van der Waals surface area contributed by atoms with Crippen molar-refractivity contribution in [3.05, 3.63) is 17.7 Å². The lowest BCUT2D eigenvalue weighted by molar-refractivity contribution is 0.346. The number of hydrogen-bond acceptors (Lipinski definition) is 5. The molecule has 102 valence electrons. The van der Waals surface area contributed by atoms with Crippen LogP contribution in [-0.4, -0.2) is 33.9 Å². The average Bonchev–Trinajstić information content (AvgIpc) is 2.43. The Hall–Kier alpha value is -1.46. The predicted octanol–water partition coefficient (Wildman–Crippen LogP) is 1.15. The zero-order valence-electron chi connectivity index (χ0n) is 11.4. The van der Waals surface area contributed by atoms with Crippen LogP contribution in [-0.2, 0) is 6.54 Å². The number of methoxy groups -OCH3 is 3. The van der Waals surface area contributed by atoms with Crippen molar-refractivity contribution in [3.63, 3.8) is 0 Å². The number of nitrogens with one attached hydrogen (secondary N) is 1. The lowest BCUT2D eigenvalue weighted by atomic mass is 10.1. The van der Waals surface area contributed by atoms with Gasteiger partial charge in [0, 0.05) is 30.8 Å². The third kappa shape index (κ3) is 3.51. The summed E-state index contributed by atoms with van der Waals surface area (Å²) in [5.74, 6) is 2.12. The molecule has 0 aliphatic heterocycles. The number of hydrogen-bond donors (Lipinski definition) is 2. The van der Waals surface area contributed by atoms with E-state index >= 15 is 0 Å². The summed E-state index contributed by atoms with van der Waals surface area (Å²) in [7, 11) is 4.85. The summed E-state index contributed by atoms with van der Waals surface area (Å²) in [4.78, 5) is 0. The molecule has 0 aromatic heterocycles. The molecule has 0 spiro atoms. The van der Waals surface area contributed by atoms with E-state index in [1.54, 1.807) is 21.3 Å². The Morgan fingerprint density at radius 2 is 1.61 bits per heavy atom. The molecule has 1 aromatic carbocycles. The van der Waals surface area contributed by atoms with E-state index in [1.165, 1.54) is 0 Å². The maximum absolute atomic E-state index is 5.57. The van der Waals surface area contributed by atoms with Gasteiger partial charge in [0.15, 0.2) is 11.5 Å². The monoisotopic (exact) mass is 254 g/mol. The smallest absolute Gasteiger partial charge is 0.164 e. The highest BCUT2D eigenvalue weighted by atomic mass is 16.5. The third-order valence-electron chi connectivity index (χ3n) is 2.78. The van der Waals surface area contributed by atoms with Gasteiger partial charge in [-0.1, -0.05) is 0 Å². The standard InChI is InChI=1S/C13H22N2O3/c1-9(7-14)15-8-10-5-12(17-3)13(18-4)6-11(10)16-2/h5-6,9,15H,7-8,14H2,1-4H3/t9-/m0/s1. The Morgan fingerprint density at radius 1 is 1.06 bits per heavy atom. The molecule has 5 nitrogen and oxygen atoms in total. The Morgan fingerprint density at radius 3 is 2.11 bits per heavy atom. The molecule has 1 rings (SSSR count). The van der Waals surface area contributed by atoms with E-state index in [1.807, 2.05) is 19.1 Å². The van der Waals surface area contributed by atoms with Crippen LogP contribution in [0.2, 0.25) is 0 Å². The number of benzene rings is 1. The zero-order chi connectivity index (χ0) is 13.5. The second-order valence-corrected chi connectivity index (χ2v) is 4.04. The predicted molar refractivity (Wildman–Crippen MR) is 71.5 cm³/mol. The van der Waals surface area contributed by atoms with Gasteiger partial charge in [-0.05, 0) is 13.0 Å². The van der Waals surface area contributed by atoms with Crippen LogP contribution in [0, 0.1) is 0 Å². The van der Waals surface area contributed by atoms with Crippen molar-refractivity contribution in [3.8, 4) is 17.2 Å². The van der Waals surface area contributed by atoms with Crippen LogP contribution in [0.15, 0.2) is 12.1 Å². The Bertz CT molecular complexity index is 383. The maximum Gasteiger partial charge on any atom is 0.164 e. The molecule has 0 bridgehead atoms. The molecule has 1 atom stereocenters. The Kier molecular flexibility index (Phi) is 5.74. The quantitative estimate of drug-likeness (QED) is 0.764. The fourth-order valence-corrected chi connectivity index (χ4v) is 1.60. The van der Waals surface area contributed by atoms with Crippen LogP contribution in [0.3, 0.4) is 0 Å². The van der Waals surface area contributed by atoms with Gasteiger partial charge < -0.3 is 25.3 Å². The van der Waals surface area contributed by atoms with Crippen LogP contribution >= 0.6 is 0 Å². The molecule has 5 heteroatoms. The van der Waals surface area contributed by atoms with E-state index in [9.17, 15) is 0 Å². The fourth-order valence-electron chi connectivity index (χ4n) is 1.60. The first-order chi connectivity index (χ1) is 8.65. The molecule has 1 aromatic rings. The first-order valence-electron chi connectivity index (χ1n) is 5.88. The lowest BCUT2D eigenvalue weighted by Gasteiger charge is -2.16. The van der Waals surface area contributed by atoms with E-state index in [2.05, 4.69) is 5.32 Å². The molecule has 0 saturated carbocycles. The molecule has 0 aliphatic rings. The summed E-state index contributed by atoms with van der Waals surface area (Å²) in [6.07, 6.45) is 0. The molecular formula is C13H22N2O3. The van der Waals surface area contributed by atoms with Crippen LogP contribution in [0.1, 0.15) is 12.5 Å². The van der Waals surface area contributed by atoms with E-state index in [4.69, 9.17) is 19.9 Å². The fraction of sp³-hybridized carbons (Fsp3) is 0.538. The highest BCUT2D eigenvalue weighted by molar-refractivity contribution is 5.50. The Balaban J connectivity index is 2.94. The van der Waals surface area contributed by atoms with Gasteiger partial charge in [-0.3, -0.25) is 0 Å². The van der Waals surface area contributed by atoms with Gasteiger partial charge in [0.2, 0.25) is 0 Å². The highest BCUT2D eigenvalue weighted by Crippen LogP contribution is 2.34. The van der Waals surface area contributed by atoms with Gasteiger partial charge in [0.1, 0.15) is 5.75 Å². The summed E-state index contributed by atoms with van der Waals surface area (Å²) >= 11 is 0. The van der Waals surface area contributed by atoms with Gasteiger partial charge in [-0.15, -0.1) is 0 Å². The molecular weight excluding hydrogens is 232 g/mol. The average molecular weight is 254 g/mol. The molecule has 0 aliphatic carbocycles. The number of nitrogens with two attached hydrogens (primary N) is 1. The molecule has 18 heavy (non-hydrogen) atoms. The van der Waals surface area contributed by atoms with E-state index in [0.29, 0.717) is 24.6 Å².